The molecule has 0 radical (unpaired) electrons. The second-order valence-corrected chi connectivity index (χ2v) is 3.82. The molecule has 1 aliphatic rings. The average molecular weight is 220 g/mol. The molecule has 5 nitrogen and oxygen atoms in total. The van der Waals surface area contributed by atoms with Gasteiger partial charge in [0.1, 0.15) is 5.82 Å². The first-order valence-electron chi connectivity index (χ1n) is 5.02. The Kier molecular flexibility index (Phi) is 2.38. The van der Waals surface area contributed by atoms with Gasteiger partial charge in [-0.05, 0) is 18.9 Å². The lowest BCUT2D eigenvalue weighted by atomic mass is 10.0. The van der Waals surface area contributed by atoms with Gasteiger partial charge in [-0.15, -0.1) is 0 Å². The van der Waals surface area contributed by atoms with Crippen molar-refractivity contribution in [3.63, 3.8) is 0 Å². The summed E-state index contributed by atoms with van der Waals surface area (Å²) in [5.74, 6) is -0.433. The fourth-order valence-electron chi connectivity index (χ4n) is 2.01. The van der Waals surface area contributed by atoms with Crippen molar-refractivity contribution < 1.29 is 14.7 Å². The maximum atomic E-state index is 11.3. The highest BCUT2D eigenvalue weighted by molar-refractivity contribution is 5.95. The van der Waals surface area contributed by atoms with Crippen molar-refractivity contribution in [3.8, 4) is 0 Å². The molecule has 1 aromatic rings. The largest absolute Gasteiger partial charge is 0.478 e. The number of carbonyl (C=O) groups is 2. The minimum absolute atomic E-state index is 0.0614. The van der Waals surface area contributed by atoms with Crippen molar-refractivity contribution >= 4 is 17.7 Å². The van der Waals surface area contributed by atoms with Gasteiger partial charge >= 0.3 is 5.97 Å². The summed E-state index contributed by atoms with van der Waals surface area (Å²) in [6.45, 7) is 3.83. The van der Waals surface area contributed by atoms with E-state index in [1.165, 1.54) is 13.1 Å². The second kappa shape index (κ2) is 3.59. The molecule has 2 heterocycles. The van der Waals surface area contributed by atoms with E-state index in [1.807, 2.05) is 0 Å². The molecule has 16 heavy (non-hydrogen) atoms. The summed E-state index contributed by atoms with van der Waals surface area (Å²) in [6, 6.07) is 0. The van der Waals surface area contributed by atoms with E-state index < -0.39 is 5.97 Å². The van der Waals surface area contributed by atoms with Gasteiger partial charge in [-0.1, -0.05) is 0 Å². The lowest BCUT2D eigenvalue weighted by Gasteiger charge is -2.14. The van der Waals surface area contributed by atoms with E-state index >= 15 is 0 Å². The zero-order valence-corrected chi connectivity index (χ0v) is 9.15. The second-order valence-electron chi connectivity index (χ2n) is 3.82. The minimum atomic E-state index is -0.978. The van der Waals surface area contributed by atoms with Crippen molar-refractivity contribution in [1.29, 1.82) is 0 Å². The Labute approximate surface area is 92.7 Å². The van der Waals surface area contributed by atoms with Crippen LogP contribution in [0.4, 0.5) is 5.82 Å². The predicted molar refractivity (Wildman–Crippen MR) is 57.7 cm³/mol. The summed E-state index contributed by atoms with van der Waals surface area (Å²) >= 11 is 0. The molecule has 2 rings (SSSR count). The van der Waals surface area contributed by atoms with Gasteiger partial charge in [0.2, 0.25) is 5.91 Å². The Balaban J connectivity index is 2.54. The first kappa shape index (κ1) is 10.6. The monoisotopic (exact) mass is 220 g/mol. The van der Waals surface area contributed by atoms with Crippen molar-refractivity contribution in [3.05, 3.63) is 22.9 Å². The van der Waals surface area contributed by atoms with Crippen LogP contribution in [0.3, 0.4) is 0 Å². The highest BCUT2D eigenvalue weighted by Gasteiger charge is 2.27. The Morgan fingerprint density at radius 2 is 2.19 bits per heavy atom. The van der Waals surface area contributed by atoms with Crippen LogP contribution in [-0.2, 0) is 11.2 Å². The Morgan fingerprint density at radius 1 is 1.50 bits per heavy atom. The van der Waals surface area contributed by atoms with Crippen molar-refractivity contribution in [2.24, 2.45) is 0 Å². The van der Waals surface area contributed by atoms with E-state index in [1.54, 1.807) is 11.8 Å². The van der Waals surface area contributed by atoms with Gasteiger partial charge in [0.15, 0.2) is 0 Å². The highest BCUT2D eigenvalue weighted by Crippen LogP contribution is 2.29. The number of hydrogen-bond donors (Lipinski definition) is 1. The standard InChI is InChI=1S/C11H12N2O3/c1-6-8-3-4-13(7(2)14)10(8)12-5-9(6)11(15)16/h5H,3-4H2,1-2H3,(H,15,16). The predicted octanol–water partition coefficient (Wildman–Crippen LogP) is 0.997. The van der Waals surface area contributed by atoms with Crippen LogP contribution >= 0.6 is 0 Å². The number of carboxylic acid groups (broad SMARTS) is 1. The first-order valence-corrected chi connectivity index (χ1v) is 5.02. The molecule has 1 N–H and O–H groups in total. The molecule has 0 aromatic carbocycles. The van der Waals surface area contributed by atoms with Crippen LogP contribution < -0.4 is 4.90 Å². The molecule has 0 unspecified atom stereocenters. The van der Waals surface area contributed by atoms with Crippen LogP contribution in [0, 0.1) is 6.92 Å². The van der Waals surface area contributed by atoms with Gasteiger partial charge in [-0.3, -0.25) is 9.69 Å². The van der Waals surface area contributed by atoms with Crippen LogP contribution in [0.15, 0.2) is 6.20 Å². The third-order valence-corrected chi connectivity index (χ3v) is 2.89. The van der Waals surface area contributed by atoms with E-state index in [4.69, 9.17) is 5.11 Å². The SMILES string of the molecule is CC(=O)N1CCc2c1ncc(C(=O)O)c2C. The third kappa shape index (κ3) is 1.44. The summed E-state index contributed by atoms with van der Waals surface area (Å²) in [7, 11) is 0. The van der Waals surface area contributed by atoms with Crippen LogP contribution in [0.25, 0.3) is 0 Å². The zero-order valence-electron chi connectivity index (χ0n) is 9.15. The Hall–Kier alpha value is -1.91. The van der Waals surface area contributed by atoms with E-state index in [9.17, 15) is 9.59 Å². The van der Waals surface area contributed by atoms with E-state index in [0.29, 0.717) is 24.3 Å². The van der Waals surface area contributed by atoms with Gasteiger partial charge in [0.25, 0.3) is 0 Å². The Bertz CT molecular complexity index is 482. The van der Waals surface area contributed by atoms with Gasteiger partial charge < -0.3 is 5.11 Å². The molecular formula is C11H12N2O3. The summed E-state index contributed by atoms with van der Waals surface area (Å²) in [5, 5.41) is 8.95. The number of anilines is 1. The normalized spacial score (nSPS) is 13.8. The molecule has 0 fully saturated rings. The van der Waals surface area contributed by atoms with Gasteiger partial charge in [-0.25, -0.2) is 9.78 Å². The summed E-state index contributed by atoms with van der Waals surface area (Å²) < 4.78 is 0. The van der Waals surface area contributed by atoms with Crippen LogP contribution in [0.5, 0.6) is 0 Å². The van der Waals surface area contributed by atoms with Gasteiger partial charge in [0.05, 0.1) is 5.56 Å². The molecule has 1 amide bonds. The van der Waals surface area contributed by atoms with Crippen LogP contribution in [-0.4, -0.2) is 28.5 Å². The number of amides is 1. The molecule has 0 spiro atoms. The fraction of sp³-hybridized carbons (Fsp3) is 0.364. The molecule has 0 aliphatic carbocycles. The minimum Gasteiger partial charge on any atom is -0.478 e. The number of hydrogen-bond acceptors (Lipinski definition) is 3. The number of aromatic nitrogens is 1. The lowest BCUT2D eigenvalue weighted by Crippen LogP contribution is -2.26. The highest BCUT2D eigenvalue weighted by atomic mass is 16.4. The molecule has 84 valence electrons. The maximum Gasteiger partial charge on any atom is 0.337 e. The summed E-state index contributed by atoms with van der Waals surface area (Å²) in [5.41, 5.74) is 1.79. The number of carbonyl (C=O) groups excluding carboxylic acids is 1. The average Bonchev–Trinajstić information content (AvgIpc) is 2.61. The Morgan fingerprint density at radius 3 is 2.75 bits per heavy atom. The third-order valence-electron chi connectivity index (χ3n) is 2.89. The summed E-state index contributed by atoms with van der Waals surface area (Å²) in [6.07, 6.45) is 1.99. The van der Waals surface area contributed by atoms with E-state index in [-0.39, 0.29) is 11.5 Å². The molecule has 0 saturated heterocycles. The van der Waals surface area contributed by atoms with E-state index in [2.05, 4.69) is 4.98 Å². The topological polar surface area (TPSA) is 70.5 Å². The number of fused-ring (bicyclic) bond motifs is 1. The molecule has 0 saturated carbocycles. The van der Waals surface area contributed by atoms with Crippen molar-refractivity contribution in [2.45, 2.75) is 20.3 Å². The lowest BCUT2D eigenvalue weighted by molar-refractivity contribution is -0.116. The summed E-state index contributed by atoms with van der Waals surface area (Å²) in [4.78, 5) is 27.9. The number of pyridine rings is 1. The fourth-order valence-corrected chi connectivity index (χ4v) is 2.01. The van der Waals surface area contributed by atoms with Crippen molar-refractivity contribution in [1.82, 2.24) is 4.98 Å². The zero-order chi connectivity index (χ0) is 11.9. The van der Waals surface area contributed by atoms with Crippen LogP contribution in [0.1, 0.15) is 28.4 Å². The van der Waals surface area contributed by atoms with Gasteiger partial charge in [-0.2, -0.15) is 0 Å². The quantitative estimate of drug-likeness (QED) is 0.766. The molecule has 0 bridgehead atoms. The number of rotatable bonds is 1. The first-order chi connectivity index (χ1) is 7.52. The molecule has 5 heteroatoms. The van der Waals surface area contributed by atoms with Crippen LogP contribution in [0.2, 0.25) is 0 Å². The van der Waals surface area contributed by atoms with Crippen molar-refractivity contribution in [2.75, 3.05) is 11.4 Å². The molecular weight excluding hydrogens is 208 g/mol. The van der Waals surface area contributed by atoms with E-state index in [0.717, 1.165) is 5.56 Å². The molecule has 1 aromatic heterocycles. The molecule has 0 atom stereocenters. The smallest absolute Gasteiger partial charge is 0.337 e. The van der Waals surface area contributed by atoms with Gasteiger partial charge in [0, 0.05) is 25.2 Å². The number of carboxylic acids is 1. The number of nitrogens with zero attached hydrogens (tertiary/aromatic N) is 2. The molecule has 1 aliphatic heterocycles. The number of aromatic carboxylic acids is 1. The maximum absolute atomic E-state index is 11.3.